The first-order chi connectivity index (χ1) is 13.6. The second kappa shape index (κ2) is 8.47. The molecule has 1 atom stereocenters. The van der Waals surface area contributed by atoms with Gasteiger partial charge in [0.2, 0.25) is 5.91 Å². The van der Waals surface area contributed by atoms with Crippen LogP contribution in [-0.4, -0.2) is 37.3 Å². The first-order valence-corrected chi connectivity index (χ1v) is 10.4. The zero-order valence-electron chi connectivity index (χ0n) is 15.6. The number of hydrogen-bond donors (Lipinski definition) is 0. The lowest BCUT2D eigenvalue weighted by Gasteiger charge is -2.23. The summed E-state index contributed by atoms with van der Waals surface area (Å²) in [6, 6.07) is 13.2. The summed E-state index contributed by atoms with van der Waals surface area (Å²) in [6.07, 6.45) is 2.34. The van der Waals surface area contributed by atoms with Crippen LogP contribution < -0.4 is 9.64 Å². The molecule has 146 valence electrons. The third kappa shape index (κ3) is 4.29. The standard InChI is InChI=1S/C21H21ClN2O3S/c1-26-16-7-4-14(5-8-16)11-20(25)24(13-17-3-2-10-27-17)21-23-18-9-6-15(22)12-19(18)28-21/h4-9,12,17H,2-3,10-11,13H2,1H3. The van der Waals surface area contributed by atoms with Crippen molar-refractivity contribution in [2.24, 2.45) is 0 Å². The fourth-order valence-corrected chi connectivity index (χ4v) is 4.56. The number of methoxy groups -OCH3 is 1. The molecular formula is C21H21ClN2O3S. The van der Waals surface area contributed by atoms with E-state index in [1.807, 2.05) is 42.5 Å². The van der Waals surface area contributed by atoms with E-state index < -0.39 is 0 Å². The highest BCUT2D eigenvalue weighted by molar-refractivity contribution is 7.22. The van der Waals surface area contributed by atoms with Crippen LogP contribution in [-0.2, 0) is 16.0 Å². The Labute approximate surface area is 172 Å². The minimum atomic E-state index is 0.00539. The van der Waals surface area contributed by atoms with Crippen molar-refractivity contribution in [3.63, 3.8) is 0 Å². The molecule has 5 nitrogen and oxygen atoms in total. The molecule has 3 aromatic rings. The largest absolute Gasteiger partial charge is 0.497 e. The van der Waals surface area contributed by atoms with Crippen LogP contribution in [0.4, 0.5) is 5.13 Å². The van der Waals surface area contributed by atoms with E-state index in [1.54, 1.807) is 12.0 Å². The summed E-state index contributed by atoms with van der Waals surface area (Å²) < 4.78 is 11.9. The molecule has 0 saturated carbocycles. The van der Waals surface area contributed by atoms with E-state index in [4.69, 9.17) is 21.1 Å². The van der Waals surface area contributed by atoms with E-state index in [0.717, 1.165) is 41.0 Å². The molecule has 0 radical (unpaired) electrons. The van der Waals surface area contributed by atoms with Gasteiger partial charge in [-0.3, -0.25) is 9.69 Å². The minimum absolute atomic E-state index is 0.00539. The van der Waals surface area contributed by atoms with Crippen LogP contribution in [0.15, 0.2) is 42.5 Å². The lowest BCUT2D eigenvalue weighted by Crippen LogP contribution is -2.38. The molecule has 1 saturated heterocycles. The highest BCUT2D eigenvalue weighted by atomic mass is 35.5. The molecule has 0 bridgehead atoms. The molecule has 1 aliphatic heterocycles. The average molecular weight is 417 g/mol. The molecule has 0 spiro atoms. The van der Waals surface area contributed by atoms with Crippen molar-refractivity contribution >= 4 is 44.2 Å². The third-order valence-corrected chi connectivity index (χ3v) is 6.07. The lowest BCUT2D eigenvalue weighted by atomic mass is 10.1. The molecule has 7 heteroatoms. The van der Waals surface area contributed by atoms with Crippen LogP contribution in [0.1, 0.15) is 18.4 Å². The van der Waals surface area contributed by atoms with Crippen LogP contribution >= 0.6 is 22.9 Å². The summed E-state index contributed by atoms with van der Waals surface area (Å²) in [5, 5.41) is 1.35. The maximum atomic E-state index is 13.2. The molecular weight excluding hydrogens is 396 g/mol. The lowest BCUT2D eigenvalue weighted by molar-refractivity contribution is -0.118. The van der Waals surface area contributed by atoms with Gasteiger partial charge in [-0.1, -0.05) is 35.1 Å². The van der Waals surface area contributed by atoms with Crippen LogP contribution in [0.25, 0.3) is 10.2 Å². The molecule has 0 N–H and O–H groups in total. The van der Waals surface area contributed by atoms with Gasteiger partial charge in [-0.05, 0) is 48.7 Å². The molecule has 1 unspecified atom stereocenters. The predicted octanol–water partition coefficient (Wildman–Crippen LogP) is 4.71. The van der Waals surface area contributed by atoms with E-state index >= 15 is 0 Å². The van der Waals surface area contributed by atoms with Gasteiger partial charge in [-0.15, -0.1) is 0 Å². The van der Waals surface area contributed by atoms with Crippen molar-refractivity contribution < 1.29 is 14.3 Å². The molecule has 1 aromatic heterocycles. The van der Waals surface area contributed by atoms with Crippen molar-refractivity contribution in [1.82, 2.24) is 4.98 Å². The SMILES string of the molecule is COc1ccc(CC(=O)N(CC2CCCO2)c2nc3ccc(Cl)cc3s2)cc1. The summed E-state index contributed by atoms with van der Waals surface area (Å²) in [5.74, 6) is 0.779. The molecule has 2 heterocycles. The van der Waals surface area contributed by atoms with Gasteiger partial charge in [0.1, 0.15) is 5.75 Å². The number of halogens is 1. The number of ether oxygens (including phenoxy) is 2. The smallest absolute Gasteiger partial charge is 0.233 e. The van der Waals surface area contributed by atoms with Crippen LogP contribution in [0, 0.1) is 0 Å². The summed E-state index contributed by atoms with van der Waals surface area (Å²) >= 11 is 7.59. The van der Waals surface area contributed by atoms with E-state index in [-0.39, 0.29) is 12.0 Å². The molecule has 1 amide bonds. The van der Waals surface area contributed by atoms with Crippen molar-refractivity contribution in [2.45, 2.75) is 25.4 Å². The van der Waals surface area contributed by atoms with Gasteiger partial charge in [0.05, 0.1) is 36.4 Å². The van der Waals surface area contributed by atoms with Crippen LogP contribution in [0.3, 0.4) is 0 Å². The van der Waals surface area contributed by atoms with Gasteiger partial charge in [0.15, 0.2) is 5.13 Å². The number of anilines is 1. The number of benzene rings is 2. The second-order valence-electron chi connectivity index (χ2n) is 6.77. The number of rotatable bonds is 6. The minimum Gasteiger partial charge on any atom is -0.497 e. The number of amides is 1. The topological polar surface area (TPSA) is 51.7 Å². The fraction of sp³-hybridized carbons (Fsp3) is 0.333. The highest BCUT2D eigenvalue weighted by Gasteiger charge is 2.26. The quantitative estimate of drug-likeness (QED) is 0.583. The number of thiazole rings is 1. The molecule has 1 aliphatic rings. The van der Waals surface area contributed by atoms with E-state index in [0.29, 0.717) is 23.1 Å². The van der Waals surface area contributed by atoms with Gasteiger partial charge in [-0.2, -0.15) is 0 Å². The number of nitrogens with zero attached hydrogens (tertiary/aromatic N) is 2. The number of hydrogen-bond acceptors (Lipinski definition) is 5. The van der Waals surface area contributed by atoms with Crippen molar-refractivity contribution in [2.75, 3.05) is 25.2 Å². The Hall–Kier alpha value is -2.15. The Bertz CT molecular complexity index is 967. The fourth-order valence-electron chi connectivity index (χ4n) is 3.29. The van der Waals surface area contributed by atoms with Gasteiger partial charge in [-0.25, -0.2) is 4.98 Å². The summed E-state index contributed by atoms with van der Waals surface area (Å²) in [7, 11) is 1.63. The van der Waals surface area contributed by atoms with Gasteiger partial charge in [0, 0.05) is 11.6 Å². The first kappa shape index (κ1) is 19.2. The number of fused-ring (bicyclic) bond motifs is 1. The zero-order chi connectivity index (χ0) is 19.5. The monoisotopic (exact) mass is 416 g/mol. The maximum Gasteiger partial charge on any atom is 0.233 e. The molecule has 4 rings (SSSR count). The maximum absolute atomic E-state index is 13.2. The Balaban J connectivity index is 1.60. The van der Waals surface area contributed by atoms with E-state index in [1.165, 1.54) is 11.3 Å². The normalized spacial score (nSPS) is 16.4. The van der Waals surface area contributed by atoms with Crippen LogP contribution in [0.5, 0.6) is 5.75 Å². The Morgan fingerprint density at radius 3 is 2.86 bits per heavy atom. The molecule has 28 heavy (non-hydrogen) atoms. The number of aromatic nitrogens is 1. The first-order valence-electron chi connectivity index (χ1n) is 9.23. The van der Waals surface area contributed by atoms with Crippen LogP contribution in [0.2, 0.25) is 5.02 Å². The summed E-state index contributed by atoms with van der Waals surface area (Å²) in [4.78, 5) is 19.6. The molecule has 1 fully saturated rings. The van der Waals surface area contributed by atoms with Gasteiger partial charge in [0.25, 0.3) is 0 Å². The molecule has 0 aliphatic carbocycles. The predicted molar refractivity (Wildman–Crippen MR) is 113 cm³/mol. The highest BCUT2D eigenvalue weighted by Crippen LogP contribution is 2.32. The van der Waals surface area contributed by atoms with Crippen molar-refractivity contribution in [1.29, 1.82) is 0 Å². The number of carbonyl (C=O) groups excluding carboxylic acids is 1. The van der Waals surface area contributed by atoms with Gasteiger partial charge >= 0.3 is 0 Å². The third-order valence-electron chi connectivity index (χ3n) is 4.80. The Kier molecular flexibility index (Phi) is 5.80. The average Bonchev–Trinajstić information content (AvgIpc) is 3.35. The van der Waals surface area contributed by atoms with Gasteiger partial charge < -0.3 is 9.47 Å². The van der Waals surface area contributed by atoms with Crippen molar-refractivity contribution in [3.05, 3.63) is 53.1 Å². The Morgan fingerprint density at radius 1 is 1.32 bits per heavy atom. The Morgan fingerprint density at radius 2 is 2.14 bits per heavy atom. The molecule has 2 aromatic carbocycles. The second-order valence-corrected chi connectivity index (χ2v) is 8.22. The summed E-state index contributed by atoms with van der Waals surface area (Å²) in [6.45, 7) is 1.27. The zero-order valence-corrected chi connectivity index (χ0v) is 17.1. The van der Waals surface area contributed by atoms with E-state index in [9.17, 15) is 4.79 Å². The number of carbonyl (C=O) groups is 1. The van der Waals surface area contributed by atoms with E-state index in [2.05, 4.69) is 4.98 Å². The van der Waals surface area contributed by atoms with Crippen molar-refractivity contribution in [3.8, 4) is 5.75 Å². The summed E-state index contributed by atoms with van der Waals surface area (Å²) in [5.41, 5.74) is 1.78.